The van der Waals surface area contributed by atoms with Crippen molar-refractivity contribution in [3.8, 4) is 17.0 Å². The van der Waals surface area contributed by atoms with Gasteiger partial charge in [-0.05, 0) is 36.6 Å². The number of Topliss-reactive ketones (excluding diaryl/α,β-unsaturated/α-hetero) is 1. The number of carbonyl (C=O) groups excluding carboxylic acids is 3. The first-order valence-corrected chi connectivity index (χ1v) is 12.2. The molecule has 194 valence electrons. The summed E-state index contributed by atoms with van der Waals surface area (Å²) in [7, 11) is 1.41. The van der Waals surface area contributed by atoms with Crippen molar-refractivity contribution in [2.24, 2.45) is 5.73 Å². The highest BCUT2D eigenvalue weighted by atomic mass is 19.1. The standard InChI is InChI=1S/C28H26FN5O4/c1-38-22-11-8-18(29)12-20(22)28(37)31-13-15-2-4-17(5-3-15)25-23(27(30)36)26-21(14-32-34-26)24(33-25)16-6-9-19(35)10-7-16/h2-5,8,11-12,14,16H,6-7,9-10,13H2,1H3,(H2,30,36)(H,31,37)(H,32,34). The summed E-state index contributed by atoms with van der Waals surface area (Å²) < 4.78 is 18.8. The molecule has 1 saturated carbocycles. The molecule has 2 aromatic carbocycles. The second kappa shape index (κ2) is 10.4. The summed E-state index contributed by atoms with van der Waals surface area (Å²) in [6.07, 6.45) is 4.02. The minimum atomic E-state index is -0.632. The molecule has 0 aliphatic heterocycles. The number of fused-ring (bicyclic) bond motifs is 1. The number of nitrogens with one attached hydrogen (secondary N) is 2. The van der Waals surface area contributed by atoms with E-state index in [0.717, 1.165) is 22.7 Å². The van der Waals surface area contributed by atoms with Gasteiger partial charge in [0.05, 0.1) is 41.3 Å². The minimum Gasteiger partial charge on any atom is -0.496 e. The summed E-state index contributed by atoms with van der Waals surface area (Å²) in [5.41, 5.74) is 9.32. The highest BCUT2D eigenvalue weighted by Crippen LogP contribution is 2.37. The average molecular weight is 516 g/mol. The van der Waals surface area contributed by atoms with Gasteiger partial charge in [-0.3, -0.25) is 24.5 Å². The number of aromatic nitrogens is 3. The van der Waals surface area contributed by atoms with E-state index in [9.17, 15) is 18.8 Å². The lowest BCUT2D eigenvalue weighted by molar-refractivity contribution is -0.120. The number of benzene rings is 2. The van der Waals surface area contributed by atoms with Gasteiger partial charge in [0, 0.05) is 36.3 Å². The lowest BCUT2D eigenvalue weighted by atomic mass is 9.84. The summed E-state index contributed by atoms with van der Waals surface area (Å²) in [6.45, 7) is 0.190. The summed E-state index contributed by atoms with van der Waals surface area (Å²) in [4.78, 5) is 41.8. The number of H-pyrrole nitrogens is 1. The Morgan fingerprint density at radius 2 is 1.89 bits per heavy atom. The van der Waals surface area contributed by atoms with Crippen molar-refractivity contribution in [3.05, 3.63) is 76.9 Å². The van der Waals surface area contributed by atoms with Crippen molar-refractivity contribution in [1.29, 1.82) is 0 Å². The molecule has 2 heterocycles. The molecule has 2 amide bonds. The van der Waals surface area contributed by atoms with Gasteiger partial charge in [0.15, 0.2) is 0 Å². The lowest BCUT2D eigenvalue weighted by Gasteiger charge is -2.22. The third-order valence-corrected chi connectivity index (χ3v) is 6.90. The van der Waals surface area contributed by atoms with E-state index < -0.39 is 17.6 Å². The molecule has 0 spiro atoms. The number of nitrogens with two attached hydrogens (primary N) is 1. The molecule has 1 fully saturated rings. The predicted molar refractivity (Wildman–Crippen MR) is 138 cm³/mol. The second-order valence-electron chi connectivity index (χ2n) is 9.28. The van der Waals surface area contributed by atoms with Crippen LogP contribution in [0, 0.1) is 5.82 Å². The molecular formula is C28H26FN5O4. The maximum Gasteiger partial charge on any atom is 0.255 e. The van der Waals surface area contributed by atoms with Gasteiger partial charge in [0.1, 0.15) is 17.3 Å². The molecule has 2 aromatic heterocycles. The molecule has 0 atom stereocenters. The number of hydrogen-bond donors (Lipinski definition) is 3. The van der Waals surface area contributed by atoms with Gasteiger partial charge >= 0.3 is 0 Å². The molecule has 0 unspecified atom stereocenters. The van der Waals surface area contributed by atoms with Crippen molar-refractivity contribution in [3.63, 3.8) is 0 Å². The Kier molecular flexibility index (Phi) is 6.87. The van der Waals surface area contributed by atoms with Gasteiger partial charge in [-0.1, -0.05) is 24.3 Å². The number of aromatic amines is 1. The first kappa shape index (κ1) is 25.1. The minimum absolute atomic E-state index is 0.0720. The van der Waals surface area contributed by atoms with Crippen molar-refractivity contribution < 1.29 is 23.5 Å². The Labute approximate surface area is 217 Å². The highest BCUT2D eigenvalue weighted by molar-refractivity contribution is 6.10. The van der Waals surface area contributed by atoms with Crippen LogP contribution in [0.2, 0.25) is 0 Å². The zero-order valence-electron chi connectivity index (χ0n) is 20.7. The number of rotatable bonds is 7. The van der Waals surface area contributed by atoms with Crippen LogP contribution in [-0.4, -0.2) is 39.9 Å². The van der Waals surface area contributed by atoms with E-state index in [4.69, 9.17) is 15.5 Å². The highest BCUT2D eigenvalue weighted by Gasteiger charge is 2.27. The number of nitrogens with zero attached hydrogens (tertiary/aromatic N) is 2. The van der Waals surface area contributed by atoms with Crippen molar-refractivity contribution in [2.75, 3.05) is 7.11 Å². The van der Waals surface area contributed by atoms with E-state index in [-0.39, 0.29) is 35.1 Å². The van der Waals surface area contributed by atoms with Crippen LogP contribution in [0.1, 0.15) is 63.6 Å². The van der Waals surface area contributed by atoms with E-state index in [1.165, 1.54) is 19.2 Å². The summed E-state index contributed by atoms with van der Waals surface area (Å²) >= 11 is 0. The van der Waals surface area contributed by atoms with Crippen LogP contribution in [0.15, 0.2) is 48.7 Å². The first-order valence-electron chi connectivity index (χ1n) is 12.2. The fourth-order valence-corrected chi connectivity index (χ4v) is 4.91. The molecule has 5 rings (SSSR count). The van der Waals surface area contributed by atoms with E-state index in [1.807, 2.05) is 0 Å². The van der Waals surface area contributed by atoms with E-state index in [0.29, 0.717) is 42.5 Å². The topological polar surface area (TPSA) is 140 Å². The summed E-state index contributed by atoms with van der Waals surface area (Å²) in [6, 6.07) is 11.0. The largest absolute Gasteiger partial charge is 0.496 e. The van der Waals surface area contributed by atoms with E-state index >= 15 is 0 Å². The Bertz CT molecular complexity index is 1540. The molecule has 4 aromatic rings. The number of amides is 2. The van der Waals surface area contributed by atoms with Crippen LogP contribution < -0.4 is 15.8 Å². The fourth-order valence-electron chi connectivity index (χ4n) is 4.91. The summed E-state index contributed by atoms with van der Waals surface area (Å²) in [5, 5.41) is 10.5. The maximum absolute atomic E-state index is 13.6. The molecular weight excluding hydrogens is 489 g/mol. The number of ketones is 1. The van der Waals surface area contributed by atoms with Crippen LogP contribution in [-0.2, 0) is 11.3 Å². The zero-order valence-corrected chi connectivity index (χ0v) is 20.7. The Morgan fingerprint density at radius 3 is 2.58 bits per heavy atom. The molecule has 0 radical (unpaired) electrons. The number of ether oxygens (including phenoxy) is 1. The van der Waals surface area contributed by atoms with Crippen molar-refractivity contribution >= 4 is 28.5 Å². The molecule has 10 heteroatoms. The third kappa shape index (κ3) is 4.84. The van der Waals surface area contributed by atoms with Crippen LogP contribution in [0.4, 0.5) is 4.39 Å². The number of carbonyl (C=O) groups is 3. The van der Waals surface area contributed by atoms with Crippen LogP contribution in [0.5, 0.6) is 5.75 Å². The third-order valence-electron chi connectivity index (χ3n) is 6.90. The Morgan fingerprint density at radius 1 is 1.16 bits per heavy atom. The van der Waals surface area contributed by atoms with Gasteiger partial charge in [0.25, 0.3) is 11.8 Å². The van der Waals surface area contributed by atoms with Gasteiger partial charge in [-0.25, -0.2) is 4.39 Å². The number of methoxy groups -OCH3 is 1. The lowest BCUT2D eigenvalue weighted by Crippen LogP contribution is -2.23. The van der Waals surface area contributed by atoms with Crippen LogP contribution in [0.25, 0.3) is 22.2 Å². The van der Waals surface area contributed by atoms with Gasteiger partial charge in [-0.2, -0.15) is 5.10 Å². The number of primary amides is 1. The monoisotopic (exact) mass is 515 g/mol. The van der Waals surface area contributed by atoms with E-state index in [1.54, 1.807) is 30.5 Å². The van der Waals surface area contributed by atoms with Crippen molar-refractivity contribution in [1.82, 2.24) is 20.5 Å². The van der Waals surface area contributed by atoms with Crippen LogP contribution in [0.3, 0.4) is 0 Å². The molecule has 38 heavy (non-hydrogen) atoms. The Hall–Kier alpha value is -4.60. The van der Waals surface area contributed by atoms with Gasteiger partial charge < -0.3 is 15.8 Å². The molecule has 4 N–H and O–H groups in total. The second-order valence-corrected chi connectivity index (χ2v) is 9.28. The molecule has 1 aliphatic rings. The summed E-state index contributed by atoms with van der Waals surface area (Å²) in [5.74, 6) is -1.04. The number of halogens is 1. The quantitative estimate of drug-likeness (QED) is 0.340. The zero-order chi connectivity index (χ0) is 26.8. The molecule has 0 saturated heterocycles. The molecule has 0 bridgehead atoms. The first-order chi connectivity index (χ1) is 18.4. The number of pyridine rings is 1. The number of hydrogen-bond acceptors (Lipinski definition) is 6. The van der Waals surface area contributed by atoms with Crippen LogP contribution >= 0.6 is 0 Å². The van der Waals surface area contributed by atoms with Crippen molar-refractivity contribution in [2.45, 2.75) is 38.1 Å². The normalized spacial score (nSPS) is 14.0. The smallest absolute Gasteiger partial charge is 0.255 e. The fraction of sp³-hybridized carbons (Fsp3) is 0.250. The van der Waals surface area contributed by atoms with Gasteiger partial charge in [0.2, 0.25) is 0 Å². The Balaban J connectivity index is 1.43. The SMILES string of the molecule is COc1ccc(F)cc1C(=O)NCc1ccc(-c2nc(C3CCC(=O)CC3)c3cn[nH]c3c2C(N)=O)cc1. The predicted octanol–water partition coefficient (Wildman–Crippen LogP) is 4.03. The average Bonchev–Trinajstić information content (AvgIpc) is 3.41. The van der Waals surface area contributed by atoms with Gasteiger partial charge in [-0.15, -0.1) is 0 Å². The van der Waals surface area contributed by atoms with E-state index in [2.05, 4.69) is 15.5 Å². The molecule has 1 aliphatic carbocycles. The maximum atomic E-state index is 13.6. The molecule has 9 nitrogen and oxygen atoms in total.